The fraction of sp³-hybridized carbons (Fsp3) is 0.200. The fourth-order valence-corrected chi connectivity index (χ4v) is 3.69. The molecule has 1 atom stereocenters. The normalized spacial score (nSPS) is 17.4. The van der Waals surface area contributed by atoms with E-state index in [-0.39, 0.29) is 11.8 Å². The van der Waals surface area contributed by atoms with E-state index >= 15 is 0 Å². The minimum absolute atomic E-state index is 0.0522. The molecule has 5 heteroatoms. The van der Waals surface area contributed by atoms with E-state index in [1.807, 2.05) is 30.5 Å². The Hall–Kier alpha value is -2.40. The zero-order valence-corrected chi connectivity index (χ0v) is 15.4. The highest BCUT2D eigenvalue weighted by atomic mass is 79.9. The monoisotopic (exact) mass is 395 g/mol. The number of hydrazone groups is 1. The molecule has 1 aliphatic rings. The number of nitrogens with one attached hydrogen (secondary N) is 2. The molecule has 3 aromatic rings. The second-order valence-corrected chi connectivity index (χ2v) is 7.15. The number of carbonyl (C=O) groups excluding carboxylic acids is 1. The van der Waals surface area contributed by atoms with Gasteiger partial charge in [-0.3, -0.25) is 4.79 Å². The first-order valence-corrected chi connectivity index (χ1v) is 9.18. The van der Waals surface area contributed by atoms with Crippen molar-refractivity contribution in [3.05, 3.63) is 69.8 Å². The van der Waals surface area contributed by atoms with Gasteiger partial charge in [0.25, 0.3) is 0 Å². The average Bonchev–Trinajstić information content (AvgIpc) is 3.07. The molecule has 2 heterocycles. The molecule has 0 bridgehead atoms. The van der Waals surface area contributed by atoms with Crippen LogP contribution in [0, 0.1) is 0 Å². The van der Waals surface area contributed by atoms with Gasteiger partial charge in [0.2, 0.25) is 5.91 Å². The zero-order chi connectivity index (χ0) is 17.4. The highest BCUT2D eigenvalue weighted by molar-refractivity contribution is 9.10. The van der Waals surface area contributed by atoms with Crippen LogP contribution in [0.25, 0.3) is 10.9 Å². The summed E-state index contributed by atoms with van der Waals surface area (Å²) >= 11 is 3.45. The first-order valence-electron chi connectivity index (χ1n) is 8.38. The summed E-state index contributed by atoms with van der Waals surface area (Å²) in [6.07, 6.45) is 3.52. The van der Waals surface area contributed by atoms with Crippen LogP contribution in [0.4, 0.5) is 0 Å². The van der Waals surface area contributed by atoms with E-state index < -0.39 is 0 Å². The molecule has 0 aliphatic carbocycles. The predicted octanol–water partition coefficient (Wildman–Crippen LogP) is 4.50. The van der Waals surface area contributed by atoms with Crippen LogP contribution in [-0.2, 0) is 11.2 Å². The molecule has 2 N–H and O–H groups in total. The quantitative estimate of drug-likeness (QED) is 0.673. The van der Waals surface area contributed by atoms with Gasteiger partial charge in [-0.2, -0.15) is 5.10 Å². The lowest BCUT2D eigenvalue weighted by Crippen LogP contribution is -2.33. The van der Waals surface area contributed by atoms with Gasteiger partial charge in [-0.25, -0.2) is 5.43 Å². The van der Waals surface area contributed by atoms with Gasteiger partial charge in [0.05, 0.1) is 11.6 Å². The number of rotatable bonds is 3. The summed E-state index contributed by atoms with van der Waals surface area (Å²) in [7, 11) is 0. The highest BCUT2D eigenvalue weighted by Gasteiger charge is 2.29. The molecular weight excluding hydrogens is 378 g/mol. The molecule has 2 aromatic carbocycles. The van der Waals surface area contributed by atoms with Crippen molar-refractivity contribution in [2.24, 2.45) is 5.10 Å². The third kappa shape index (κ3) is 2.89. The zero-order valence-electron chi connectivity index (χ0n) is 13.8. The molecule has 0 fully saturated rings. The molecule has 0 unspecified atom stereocenters. The van der Waals surface area contributed by atoms with Crippen molar-refractivity contribution in [1.29, 1.82) is 0 Å². The van der Waals surface area contributed by atoms with Crippen molar-refractivity contribution >= 4 is 38.5 Å². The SMILES string of the molecule is CCc1cccc2c([C@H]3CC(c4ccc(Br)cc4)=NNC3=O)c[nH]c12. The summed E-state index contributed by atoms with van der Waals surface area (Å²) in [6.45, 7) is 2.14. The number of hydrogen-bond donors (Lipinski definition) is 2. The minimum Gasteiger partial charge on any atom is -0.361 e. The van der Waals surface area contributed by atoms with Crippen molar-refractivity contribution in [2.45, 2.75) is 25.7 Å². The van der Waals surface area contributed by atoms with Crippen LogP contribution in [0.5, 0.6) is 0 Å². The minimum atomic E-state index is -0.239. The Morgan fingerprint density at radius 2 is 2.00 bits per heavy atom. The van der Waals surface area contributed by atoms with Crippen LogP contribution in [0.15, 0.2) is 58.2 Å². The Morgan fingerprint density at radius 1 is 1.20 bits per heavy atom. The third-order valence-corrected chi connectivity index (χ3v) is 5.31. The second kappa shape index (κ2) is 6.48. The Labute approximate surface area is 154 Å². The molecule has 126 valence electrons. The van der Waals surface area contributed by atoms with Gasteiger partial charge in [-0.1, -0.05) is 53.2 Å². The summed E-state index contributed by atoms with van der Waals surface area (Å²) in [5.41, 5.74) is 8.06. The first kappa shape index (κ1) is 16.1. The first-order chi connectivity index (χ1) is 12.2. The number of aromatic nitrogens is 1. The van der Waals surface area contributed by atoms with Gasteiger partial charge in [0.15, 0.2) is 0 Å². The number of para-hydroxylation sites is 1. The van der Waals surface area contributed by atoms with Crippen LogP contribution >= 0.6 is 15.9 Å². The van der Waals surface area contributed by atoms with Gasteiger partial charge in [-0.15, -0.1) is 0 Å². The van der Waals surface area contributed by atoms with Crippen LogP contribution < -0.4 is 5.43 Å². The maximum atomic E-state index is 12.5. The van der Waals surface area contributed by atoms with Crippen molar-refractivity contribution < 1.29 is 4.79 Å². The number of nitrogens with zero attached hydrogens (tertiary/aromatic N) is 1. The smallest absolute Gasteiger partial charge is 0.248 e. The van der Waals surface area contributed by atoms with E-state index in [0.717, 1.165) is 38.6 Å². The number of hydrogen-bond acceptors (Lipinski definition) is 2. The number of halogens is 1. The topological polar surface area (TPSA) is 57.2 Å². The van der Waals surface area contributed by atoms with Crippen molar-refractivity contribution in [2.75, 3.05) is 0 Å². The maximum Gasteiger partial charge on any atom is 0.248 e. The number of amides is 1. The molecule has 4 nitrogen and oxygen atoms in total. The summed E-state index contributed by atoms with van der Waals surface area (Å²) in [5.74, 6) is -0.291. The number of aryl methyl sites for hydroxylation is 1. The summed E-state index contributed by atoms with van der Waals surface area (Å²) < 4.78 is 1.02. The molecule has 0 saturated carbocycles. The third-order valence-electron chi connectivity index (χ3n) is 4.78. The van der Waals surface area contributed by atoms with E-state index in [1.54, 1.807) is 0 Å². The van der Waals surface area contributed by atoms with Gasteiger partial charge in [-0.05, 0) is 35.2 Å². The Kier molecular flexibility index (Phi) is 4.17. The lowest BCUT2D eigenvalue weighted by atomic mass is 9.89. The van der Waals surface area contributed by atoms with E-state index in [9.17, 15) is 4.79 Å². The predicted molar refractivity (Wildman–Crippen MR) is 104 cm³/mol. The molecule has 25 heavy (non-hydrogen) atoms. The molecule has 1 amide bonds. The fourth-order valence-electron chi connectivity index (χ4n) is 3.43. The van der Waals surface area contributed by atoms with E-state index in [2.05, 4.69) is 56.6 Å². The van der Waals surface area contributed by atoms with Crippen LogP contribution in [0.2, 0.25) is 0 Å². The number of benzene rings is 2. The second-order valence-electron chi connectivity index (χ2n) is 6.24. The molecular formula is C20H18BrN3O. The van der Waals surface area contributed by atoms with Crippen LogP contribution in [0.1, 0.15) is 36.0 Å². The van der Waals surface area contributed by atoms with E-state index in [0.29, 0.717) is 6.42 Å². The highest BCUT2D eigenvalue weighted by Crippen LogP contribution is 2.32. The molecule has 0 spiro atoms. The number of aromatic amines is 1. The van der Waals surface area contributed by atoms with Crippen molar-refractivity contribution in [3.8, 4) is 0 Å². The summed E-state index contributed by atoms with van der Waals surface area (Å²) in [5, 5.41) is 5.40. The Bertz CT molecular complexity index is 972. The largest absolute Gasteiger partial charge is 0.361 e. The number of H-pyrrole nitrogens is 1. The van der Waals surface area contributed by atoms with Gasteiger partial charge >= 0.3 is 0 Å². The average molecular weight is 396 g/mol. The van der Waals surface area contributed by atoms with E-state index in [1.165, 1.54) is 5.56 Å². The number of fused-ring (bicyclic) bond motifs is 1. The Balaban J connectivity index is 1.72. The van der Waals surface area contributed by atoms with Gasteiger partial charge in [0.1, 0.15) is 0 Å². The lowest BCUT2D eigenvalue weighted by Gasteiger charge is -2.21. The van der Waals surface area contributed by atoms with Gasteiger partial charge in [0, 0.05) is 28.0 Å². The van der Waals surface area contributed by atoms with Crippen LogP contribution in [-0.4, -0.2) is 16.6 Å². The molecule has 1 aromatic heterocycles. The lowest BCUT2D eigenvalue weighted by molar-refractivity contribution is -0.122. The molecule has 0 saturated heterocycles. The Morgan fingerprint density at radius 3 is 2.76 bits per heavy atom. The molecule has 4 rings (SSSR count). The maximum absolute atomic E-state index is 12.5. The number of carbonyl (C=O) groups is 1. The molecule has 1 aliphatic heterocycles. The molecule has 0 radical (unpaired) electrons. The van der Waals surface area contributed by atoms with E-state index in [4.69, 9.17) is 0 Å². The van der Waals surface area contributed by atoms with Crippen molar-refractivity contribution in [1.82, 2.24) is 10.4 Å². The summed E-state index contributed by atoms with van der Waals surface area (Å²) in [4.78, 5) is 15.8. The summed E-state index contributed by atoms with van der Waals surface area (Å²) in [6, 6.07) is 14.3. The van der Waals surface area contributed by atoms with Crippen molar-refractivity contribution in [3.63, 3.8) is 0 Å². The standard InChI is InChI=1S/C20H18BrN3O/c1-2-12-4-3-5-15-17(11-22-19(12)15)16-10-18(23-24-20(16)25)13-6-8-14(21)9-7-13/h3-9,11,16,22H,2,10H2,1H3,(H,24,25)/t16-/m1/s1. The van der Waals surface area contributed by atoms with Crippen LogP contribution in [0.3, 0.4) is 0 Å². The van der Waals surface area contributed by atoms with Gasteiger partial charge < -0.3 is 4.98 Å².